The summed E-state index contributed by atoms with van der Waals surface area (Å²) in [5.74, 6) is 2.28. The average molecular weight is 281 g/mol. The molecule has 0 amide bonds. The topological polar surface area (TPSA) is 64.9 Å². The van der Waals surface area contributed by atoms with Crippen molar-refractivity contribution in [3.8, 4) is 17.2 Å². The van der Waals surface area contributed by atoms with Crippen LogP contribution in [0.4, 0.5) is 0 Å². The van der Waals surface area contributed by atoms with Crippen molar-refractivity contribution in [2.45, 2.75) is 6.54 Å². The second kappa shape index (κ2) is 6.15. The minimum Gasteiger partial charge on any atom is -0.457 e. The monoisotopic (exact) mass is 281 g/mol. The van der Waals surface area contributed by atoms with Crippen molar-refractivity contribution in [2.24, 2.45) is 0 Å². The molecular formula is C15H15N5O. The molecule has 0 atom stereocenters. The molecule has 21 heavy (non-hydrogen) atoms. The van der Waals surface area contributed by atoms with Crippen LogP contribution in [-0.4, -0.2) is 27.3 Å². The number of nitrogens with one attached hydrogen (secondary N) is 1. The molecule has 3 rings (SSSR count). The van der Waals surface area contributed by atoms with Crippen LogP contribution in [0, 0.1) is 0 Å². The van der Waals surface area contributed by atoms with Gasteiger partial charge in [0.15, 0.2) is 5.82 Å². The van der Waals surface area contributed by atoms with Crippen LogP contribution >= 0.6 is 0 Å². The molecule has 0 saturated heterocycles. The smallest absolute Gasteiger partial charge is 0.170 e. The number of nitrogens with zero attached hydrogens (tertiary/aromatic N) is 4. The molecule has 2 aromatic carbocycles. The molecule has 3 aromatic rings. The van der Waals surface area contributed by atoms with Gasteiger partial charge in [-0.15, -0.1) is 5.10 Å². The molecule has 0 unspecified atom stereocenters. The number of para-hydroxylation sites is 1. The highest BCUT2D eigenvalue weighted by Crippen LogP contribution is 2.23. The molecule has 0 saturated carbocycles. The van der Waals surface area contributed by atoms with Gasteiger partial charge < -0.3 is 10.1 Å². The number of hydrogen-bond donors (Lipinski definition) is 1. The number of ether oxygens (including phenoxy) is 1. The van der Waals surface area contributed by atoms with Crippen molar-refractivity contribution in [1.82, 2.24) is 25.5 Å². The summed E-state index contributed by atoms with van der Waals surface area (Å²) in [5, 5.41) is 14.8. The summed E-state index contributed by atoms with van der Waals surface area (Å²) in [6.45, 7) is 0.594. The van der Waals surface area contributed by atoms with E-state index in [2.05, 4.69) is 20.8 Å². The Bertz CT molecular complexity index is 711. The summed E-state index contributed by atoms with van der Waals surface area (Å²) in [6, 6.07) is 17.3. The van der Waals surface area contributed by atoms with Crippen LogP contribution in [0.2, 0.25) is 0 Å². The number of rotatable bonds is 5. The van der Waals surface area contributed by atoms with Gasteiger partial charge in [0.05, 0.1) is 12.2 Å². The van der Waals surface area contributed by atoms with Crippen molar-refractivity contribution in [2.75, 3.05) is 7.05 Å². The lowest BCUT2D eigenvalue weighted by Gasteiger charge is -2.08. The first-order chi connectivity index (χ1) is 10.4. The molecule has 0 aliphatic heterocycles. The third kappa shape index (κ3) is 3.06. The maximum atomic E-state index is 5.82. The van der Waals surface area contributed by atoms with Gasteiger partial charge in [-0.1, -0.05) is 24.3 Å². The van der Waals surface area contributed by atoms with Crippen molar-refractivity contribution in [3.05, 3.63) is 60.4 Å². The van der Waals surface area contributed by atoms with Crippen molar-refractivity contribution < 1.29 is 4.74 Å². The summed E-state index contributed by atoms with van der Waals surface area (Å²) in [6.07, 6.45) is 0. The molecule has 0 spiro atoms. The van der Waals surface area contributed by atoms with Gasteiger partial charge in [-0.25, -0.2) is 0 Å². The maximum Gasteiger partial charge on any atom is 0.170 e. The highest BCUT2D eigenvalue weighted by Gasteiger charge is 2.08. The van der Waals surface area contributed by atoms with Gasteiger partial charge in [0.1, 0.15) is 11.5 Å². The van der Waals surface area contributed by atoms with Gasteiger partial charge in [-0.2, -0.15) is 4.68 Å². The van der Waals surface area contributed by atoms with E-state index in [0.29, 0.717) is 6.54 Å². The maximum absolute atomic E-state index is 5.82. The molecule has 6 heteroatoms. The zero-order valence-electron chi connectivity index (χ0n) is 11.6. The normalized spacial score (nSPS) is 10.5. The van der Waals surface area contributed by atoms with Gasteiger partial charge in [0.2, 0.25) is 0 Å². The highest BCUT2D eigenvalue weighted by atomic mass is 16.5. The lowest BCUT2D eigenvalue weighted by molar-refractivity contribution is 0.482. The van der Waals surface area contributed by atoms with Crippen molar-refractivity contribution >= 4 is 0 Å². The first-order valence-corrected chi connectivity index (χ1v) is 6.62. The van der Waals surface area contributed by atoms with E-state index in [4.69, 9.17) is 4.74 Å². The number of tetrazole rings is 1. The zero-order valence-corrected chi connectivity index (χ0v) is 11.6. The molecule has 1 heterocycles. The quantitative estimate of drug-likeness (QED) is 0.776. The molecule has 0 aliphatic rings. The van der Waals surface area contributed by atoms with E-state index in [1.807, 2.05) is 61.6 Å². The minimum atomic E-state index is 0.594. The second-order valence-corrected chi connectivity index (χ2v) is 4.45. The molecule has 0 fully saturated rings. The van der Waals surface area contributed by atoms with E-state index < -0.39 is 0 Å². The van der Waals surface area contributed by atoms with Gasteiger partial charge in [-0.05, 0) is 41.7 Å². The van der Waals surface area contributed by atoms with Crippen LogP contribution in [0.5, 0.6) is 11.5 Å². The van der Waals surface area contributed by atoms with Crippen LogP contribution in [0.25, 0.3) is 5.69 Å². The van der Waals surface area contributed by atoms with E-state index in [1.165, 1.54) is 0 Å². The van der Waals surface area contributed by atoms with Crippen molar-refractivity contribution in [1.29, 1.82) is 0 Å². The second-order valence-electron chi connectivity index (χ2n) is 4.45. The van der Waals surface area contributed by atoms with Gasteiger partial charge >= 0.3 is 0 Å². The van der Waals surface area contributed by atoms with E-state index in [1.54, 1.807) is 4.68 Å². The molecule has 1 N–H and O–H groups in total. The van der Waals surface area contributed by atoms with Crippen LogP contribution in [0.15, 0.2) is 54.6 Å². The molecule has 6 nitrogen and oxygen atoms in total. The Balaban J connectivity index is 1.88. The first-order valence-electron chi connectivity index (χ1n) is 6.62. The summed E-state index contributed by atoms with van der Waals surface area (Å²) >= 11 is 0. The molecule has 0 radical (unpaired) electrons. The van der Waals surface area contributed by atoms with Gasteiger partial charge in [0, 0.05) is 6.07 Å². The lowest BCUT2D eigenvalue weighted by atomic mass is 10.3. The average Bonchev–Trinajstić information content (AvgIpc) is 2.97. The molecular weight excluding hydrogens is 266 g/mol. The predicted molar refractivity (Wildman–Crippen MR) is 78.4 cm³/mol. The third-order valence-corrected chi connectivity index (χ3v) is 2.91. The summed E-state index contributed by atoms with van der Waals surface area (Å²) < 4.78 is 7.51. The number of aromatic nitrogens is 4. The lowest BCUT2D eigenvalue weighted by Crippen LogP contribution is -2.12. The van der Waals surface area contributed by atoms with Gasteiger partial charge in [-0.3, -0.25) is 0 Å². The fourth-order valence-electron chi connectivity index (χ4n) is 1.98. The first kappa shape index (κ1) is 13.3. The van der Waals surface area contributed by atoms with E-state index in [-0.39, 0.29) is 0 Å². The van der Waals surface area contributed by atoms with Crippen LogP contribution < -0.4 is 10.1 Å². The Labute approximate surface area is 122 Å². The summed E-state index contributed by atoms with van der Waals surface area (Å²) in [7, 11) is 1.86. The van der Waals surface area contributed by atoms with Gasteiger partial charge in [0.25, 0.3) is 0 Å². The van der Waals surface area contributed by atoms with Crippen LogP contribution in [-0.2, 0) is 6.54 Å². The Morgan fingerprint density at radius 3 is 2.67 bits per heavy atom. The van der Waals surface area contributed by atoms with Crippen molar-refractivity contribution in [3.63, 3.8) is 0 Å². The third-order valence-electron chi connectivity index (χ3n) is 2.91. The number of hydrogen-bond acceptors (Lipinski definition) is 5. The molecule has 1 aromatic heterocycles. The highest BCUT2D eigenvalue weighted by molar-refractivity contribution is 5.41. The molecule has 106 valence electrons. The standard InChI is InChI=1S/C15H15N5O/c1-16-11-15-17-18-19-20(15)12-6-5-9-14(10-12)21-13-7-3-2-4-8-13/h2-10,16H,11H2,1H3. The predicted octanol–water partition coefficient (Wildman–Crippen LogP) is 2.17. The molecule has 0 bridgehead atoms. The van der Waals surface area contributed by atoms with Crippen LogP contribution in [0.3, 0.4) is 0 Å². The van der Waals surface area contributed by atoms with E-state index in [0.717, 1.165) is 23.0 Å². The number of benzene rings is 2. The summed E-state index contributed by atoms with van der Waals surface area (Å²) in [4.78, 5) is 0. The Kier molecular flexibility index (Phi) is 3.88. The SMILES string of the molecule is CNCc1nnnn1-c1cccc(Oc2ccccc2)c1. The fraction of sp³-hybridized carbons (Fsp3) is 0.133. The Morgan fingerprint density at radius 2 is 1.86 bits per heavy atom. The Hall–Kier alpha value is -2.73. The van der Waals surface area contributed by atoms with E-state index >= 15 is 0 Å². The minimum absolute atomic E-state index is 0.594. The fourth-order valence-corrected chi connectivity index (χ4v) is 1.98. The molecule has 0 aliphatic carbocycles. The largest absolute Gasteiger partial charge is 0.457 e. The Morgan fingerprint density at radius 1 is 1.05 bits per heavy atom. The summed E-state index contributed by atoms with van der Waals surface area (Å²) in [5.41, 5.74) is 0.860. The van der Waals surface area contributed by atoms with Crippen LogP contribution in [0.1, 0.15) is 5.82 Å². The zero-order chi connectivity index (χ0) is 14.5. The van der Waals surface area contributed by atoms with E-state index in [9.17, 15) is 0 Å².